The molecule has 2 aromatic rings. The molecular weight excluding hydrogens is 368 g/mol. The molecule has 28 heavy (non-hydrogen) atoms. The highest BCUT2D eigenvalue weighted by Gasteiger charge is 2.33. The van der Waals surface area contributed by atoms with E-state index in [-0.39, 0.29) is 30.0 Å². The first-order valence-electron chi connectivity index (χ1n) is 8.31. The molecule has 2 rings (SSSR count). The molecule has 148 valence electrons. The van der Waals surface area contributed by atoms with Gasteiger partial charge in [0.2, 0.25) is 5.91 Å². The van der Waals surface area contributed by atoms with Crippen LogP contribution in [0, 0.1) is 10.1 Å². The van der Waals surface area contributed by atoms with Crippen LogP contribution < -0.4 is 10.2 Å². The standard InChI is InChI=1S/C19H20N2O7/c1-26-19(23)15(11-17(22)20-27-2)14-9-6-10-16(18(14)21(24)25)28-12-13-7-4-3-5-8-13/h3-10,15H,11-12H2,1-2H3,(H,20,22). The van der Waals surface area contributed by atoms with E-state index in [1.165, 1.54) is 25.3 Å². The van der Waals surface area contributed by atoms with Crippen LogP contribution in [0.5, 0.6) is 5.75 Å². The summed E-state index contributed by atoms with van der Waals surface area (Å²) in [7, 11) is 2.39. The molecule has 0 fully saturated rings. The number of nitrogens with one attached hydrogen (secondary N) is 1. The van der Waals surface area contributed by atoms with Gasteiger partial charge in [0, 0.05) is 12.0 Å². The summed E-state index contributed by atoms with van der Waals surface area (Å²) < 4.78 is 10.3. The highest BCUT2D eigenvalue weighted by Crippen LogP contribution is 2.37. The summed E-state index contributed by atoms with van der Waals surface area (Å²) >= 11 is 0. The number of rotatable bonds is 9. The lowest BCUT2D eigenvalue weighted by atomic mass is 9.93. The molecule has 0 heterocycles. The molecule has 0 bridgehead atoms. The number of para-hydroxylation sites is 1. The normalized spacial score (nSPS) is 11.4. The van der Waals surface area contributed by atoms with Gasteiger partial charge < -0.3 is 9.47 Å². The Kier molecular flexibility index (Phi) is 7.46. The van der Waals surface area contributed by atoms with Gasteiger partial charge >= 0.3 is 11.7 Å². The van der Waals surface area contributed by atoms with Crippen molar-refractivity contribution in [2.75, 3.05) is 14.2 Å². The Labute approximate surface area is 161 Å². The molecule has 0 aromatic heterocycles. The minimum Gasteiger partial charge on any atom is -0.482 e. The minimum absolute atomic E-state index is 0.00703. The van der Waals surface area contributed by atoms with Crippen LogP contribution in [0.3, 0.4) is 0 Å². The molecule has 0 aliphatic heterocycles. The third-order valence-electron chi connectivity index (χ3n) is 3.92. The largest absolute Gasteiger partial charge is 0.482 e. The van der Waals surface area contributed by atoms with Crippen molar-refractivity contribution in [3.8, 4) is 5.75 Å². The van der Waals surface area contributed by atoms with E-state index in [4.69, 9.17) is 9.47 Å². The van der Waals surface area contributed by atoms with Crippen LogP contribution in [0.25, 0.3) is 0 Å². The van der Waals surface area contributed by atoms with Crippen molar-refractivity contribution in [2.24, 2.45) is 0 Å². The van der Waals surface area contributed by atoms with Crippen molar-refractivity contribution in [2.45, 2.75) is 18.9 Å². The number of esters is 1. The Balaban J connectivity index is 2.39. The third-order valence-corrected chi connectivity index (χ3v) is 3.92. The third kappa shape index (κ3) is 5.27. The topological polar surface area (TPSA) is 117 Å². The van der Waals surface area contributed by atoms with Crippen LogP contribution in [-0.2, 0) is 25.8 Å². The number of nitro benzene ring substituents is 1. The quantitative estimate of drug-likeness (QED) is 0.398. The number of hydrogen-bond donors (Lipinski definition) is 1. The summed E-state index contributed by atoms with van der Waals surface area (Å²) in [4.78, 5) is 39.7. The average molecular weight is 388 g/mol. The second-order valence-corrected chi connectivity index (χ2v) is 5.73. The zero-order chi connectivity index (χ0) is 20.5. The average Bonchev–Trinajstić information content (AvgIpc) is 2.70. The molecule has 9 heteroatoms. The Morgan fingerprint density at radius 1 is 1.11 bits per heavy atom. The first kappa shape index (κ1) is 20.8. The van der Waals surface area contributed by atoms with E-state index in [0.29, 0.717) is 0 Å². The van der Waals surface area contributed by atoms with Crippen LogP contribution in [0.15, 0.2) is 48.5 Å². The number of methoxy groups -OCH3 is 1. The van der Waals surface area contributed by atoms with Crippen molar-refractivity contribution >= 4 is 17.6 Å². The summed E-state index contributed by atoms with van der Waals surface area (Å²) in [6.45, 7) is 0.109. The van der Waals surface area contributed by atoms with Gasteiger partial charge in [0.25, 0.3) is 0 Å². The van der Waals surface area contributed by atoms with Gasteiger partial charge in [-0.25, -0.2) is 5.48 Å². The lowest BCUT2D eigenvalue weighted by molar-refractivity contribution is -0.386. The number of nitro groups is 1. The van der Waals surface area contributed by atoms with Gasteiger partial charge in [-0.05, 0) is 11.6 Å². The van der Waals surface area contributed by atoms with E-state index in [9.17, 15) is 19.7 Å². The van der Waals surface area contributed by atoms with Crippen LogP contribution in [0.4, 0.5) is 5.69 Å². The number of benzene rings is 2. The maximum Gasteiger partial charge on any atom is 0.314 e. The van der Waals surface area contributed by atoms with Gasteiger partial charge in [-0.3, -0.25) is 24.5 Å². The smallest absolute Gasteiger partial charge is 0.314 e. The van der Waals surface area contributed by atoms with Crippen molar-refractivity contribution in [1.82, 2.24) is 5.48 Å². The molecule has 1 amide bonds. The van der Waals surface area contributed by atoms with E-state index >= 15 is 0 Å². The van der Waals surface area contributed by atoms with Gasteiger partial charge in [-0.15, -0.1) is 0 Å². The lowest BCUT2D eigenvalue weighted by Gasteiger charge is -2.16. The Hall–Kier alpha value is -3.46. The fraction of sp³-hybridized carbons (Fsp3) is 0.263. The molecule has 0 aliphatic carbocycles. The number of amides is 1. The van der Waals surface area contributed by atoms with E-state index in [1.54, 1.807) is 0 Å². The van der Waals surface area contributed by atoms with Crippen molar-refractivity contribution in [3.05, 3.63) is 69.8 Å². The predicted octanol–water partition coefficient (Wildman–Crippen LogP) is 2.50. The second-order valence-electron chi connectivity index (χ2n) is 5.73. The number of hydrogen-bond acceptors (Lipinski definition) is 7. The zero-order valence-corrected chi connectivity index (χ0v) is 15.4. The monoisotopic (exact) mass is 388 g/mol. The fourth-order valence-corrected chi connectivity index (χ4v) is 2.67. The molecule has 9 nitrogen and oxygen atoms in total. The summed E-state index contributed by atoms with van der Waals surface area (Å²) in [5.74, 6) is -2.61. The molecule has 1 unspecified atom stereocenters. The number of carbonyl (C=O) groups is 2. The molecule has 0 saturated carbocycles. The first-order chi connectivity index (χ1) is 13.5. The van der Waals surface area contributed by atoms with Gasteiger partial charge in [-0.2, -0.15) is 0 Å². The summed E-state index contributed by atoms with van der Waals surface area (Å²) in [5.41, 5.74) is 2.54. The van der Waals surface area contributed by atoms with E-state index < -0.39 is 22.7 Å². The van der Waals surface area contributed by atoms with E-state index in [0.717, 1.165) is 12.7 Å². The van der Waals surface area contributed by atoms with Gasteiger partial charge in [-0.1, -0.05) is 42.5 Å². The van der Waals surface area contributed by atoms with Gasteiger partial charge in [0.1, 0.15) is 6.61 Å². The molecule has 0 spiro atoms. The summed E-state index contributed by atoms with van der Waals surface area (Å²) in [5, 5.41) is 11.7. The molecule has 1 N–H and O–H groups in total. The molecule has 2 aromatic carbocycles. The van der Waals surface area contributed by atoms with Crippen LogP contribution in [0.2, 0.25) is 0 Å². The molecule has 1 atom stereocenters. The molecule has 0 radical (unpaired) electrons. The highest BCUT2D eigenvalue weighted by atomic mass is 16.6. The Morgan fingerprint density at radius 3 is 2.43 bits per heavy atom. The molecular formula is C19H20N2O7. The van der Waals surface area contributed by atoms with E-state index in [2.05, 4.69) is 10.3 Å². The zero-order valence-electron chi connectivity index (χ0n) is 15.4. The van der Waals surface area contributed by atoms with Crippen molar-refractivity contribution in [3.63, 3.8) is 0 Å². The maximum absolute atomic E-state index is 12.2. The fourth-order valence-electron chi connectivity index (χ4n) is 2.67. The SMILES string of the molecule is CONC(=O)CC(C(=O)OC)c1cccc(OCc2ccccc2)c1[N+](=O)[O-]. The Morgan fingerprint density at radius 2 is 1.82 bits per heavy atom. The number of nitrogens with zero attached hydrogens (tertiary/aromatic N) is 1. The van der Waals surface area contributed by atoms with Crippen molar-refractivity contribution in [1.29, 1.82) is 0 Å². The van der Waals surface area contributed by atoms with Crippen LogP contribution in [0.1, 0.15) is 23.5 Å². The summed E-state index contributed by atoms with van der Waals surface area (Å²) in [6.07, 6.45) is -0.385. The minimum atomic E-state index is -1.19. The van der Waals surface area contributed by atoms with Crippen molar-refractivity contribution < 1.29 is 28.8 Å². The molecule has 0 aliphatic rings. The molecule has 0 saturated heterocycles. The summed E-state index contributed by atoms with van der Waals surface area (Å²) in [6, 6.07) is 13.5. The van der Waals surface area contributed by atoms with Gasteiger partial charge in [0.15, 0.2) is 5.75 Å². The number of hydroxylamine groups is 1. The highest BCUT2D eigenvalue weighted by molar-refractivity contribution is 5.87. The Bertz CT molecular complexity index is 839. The van der Waals surface area contributed by atoms with E-state index in [1.807, 2.05) is 30.3 Å². The number of carbonyl (C=O) groups excluding carboxylic acids is 2. The van der Waals surface area contributed by atoms with Gasteiger partial charge in [0.05, 0.1) is 25.1 Å². The second kappa shape index (κ2) is 10.0. The number of ether oxygens (including phenoxy) is 2. The van der Waals surface area contributed by atoms with Crippen LogP contribution >= 0.6 is 0 Å². The lowest BCUT2D eigenvalue weighted by Crippen LogP contribution is -2.27. The maximum atomic E-state index is 12.2. The van der Waals surface area contributed by atoms with Crippen LogP contribution in [-0.4, -0.2) is 31.0 Å². The first-order valence-corrected chi connectivity index (χ1v) is 8.31. The predicted molar refractivity (Wildman–Crippen MR) is 98.4 cm³/mol.